The van der Waals surface area contributed by atoms with Crippen LogP contribution in [0.1, 0.15) is 12.5 Å². The van der Waals surface area contributed by atoms with Crippen molar-refractivity contribution >= 4 is 17.5 Å². The van der Waals surface area contributed by atoms with Crippen molar-refractivity contribution in [2.24, 2.45) is 11.8 Å². The summed E-state index contributed by atoms with van der Waals surface area (Å²) in [6.07, 6.45) is -1.39. The van der Waals surface area contributed by atoms with Crippen LogP contribution in [0.5, 0.6) is 0 Å². The molecule has 8 heteroatoms. The van der Waals surface area contributed by atoms with Crippen molar-refractivity contribution in [3.63, 3.8) is 0 Å². The molecule has 0 unspecified atom stereocenters. The number of carbonyl (C=O) groups excluding carboxylic acids is 2. The maximum absolute atomic E-state index is 12.9. The van der Waals surface area contributed by atoms with Gasteiger partial charge in [-0.25, -0.2) is 4.90 Å². The Morgan fingerprint density at radius 3 is 2.52 bits per heavy atom. The molecule has 2 saturated heterocycles. The highest BCUT2D eigenvalue weighted by atomic mass is 19.4. The van der Waals surface area contributed by atoms with Crippen LogP contribution in [0.3, 0.4) is 0 Å². The van der Waals surface area contributed by atoms with E-state index in [9.17, 15) is 27.9 Å². The van der Waals surface area contributed by atoms with E-state index in [1.165, 1.54) is 6.07 Å². The molecular weight excluding hydrogens is 339 g/mol. The van der Waals surface area contributed by atoms with Crippen molar-refractivity contribution in [3.8, 4) is 0 Å². The Hall–Kier alpha value is -2.19. The molecule has 25 heavy (non-hydrogen) atoms. The summed E-state index contributed by atoms with van der Waals surface area (Å²) in [5.74, 6) is -3.09. The quantitative estimate of drug-likeness (QED) is 0.651. The van der Waals surface area contributed by atoms with E-state index < -0.39 is 53.2 Å². The summed E-state index contributed by atoms with van der Waals surface area (Å²) in [6, 6.07) is 4.09. The van der Waals surface area contributed by atoms with E-state index in [0.717, 1.165) is 23.1 Å². The molecule has 0 saturated carbocycles. The van der Waals surface area contributed by atoms with Gasteiger partial charge in [-0.2, -0.15) is 13.2 Å². The molecule has 3 aliphatic rings. The Balaban J connectivity index is 1.78. The lowest BCUT2D eigenvalue weighted by Gasteiger charge is -2.27. The largest absolute Gasteiger partial charge is 0.416 e. The van der Waals surface area contributed by atoms with Crippen molar-refractivity contribution in [2.75, 3.05) is 11.5 Å². The number of aliphatic hydroxyl groups excluding tert-OH is 1. The van der Waals surface area contributed by atoms with Crippen LogP contribution in [-0.2, 0) is 20.5 Å². The molecule has 132 valence electrons. The molecule has 3 heterocycles. The molecule has 4 rings (SSSR count). The van der Waals surface area contributed by atoms with Gasteiger partial charge in [0, 0.05) is 0 Å². The number of nitrogens with zero attached hydrogens (tertiary/aromatic N) is 1. The maximum Gasteiger partial charge on any atom is 0.416 e. The highest BCUT2D eigenvalue weighted by Gasteiger charge is 2.72. The molecule has 1 aromatic rings. The predicted molar refractivity (Wildman–Crippen MR) is 79.4 cm³/mol. The normalized spacial score (nSPS) is 36.4. The van der Waals surface area contributed by atoms with Crippen LogP contribution in [0.25, 0.3) is 0 Å². The van der Waals surface area contributed by atoms with Gasteiger partial charge in [-0.15, -0.1) is 0 Å². The van der Waals surface area contributed by atoms with E-state index in [2.05, 4.69) is 0 Å². The number of ether oxygens (including phenoxy) is 1. The minimum absolute atomic E-state index is 0.129. The zero-order valence-electron chi connectivity index (χ0n) is 13.1. The van der Waals surface area contributed by atoms with Gasteiger partial charge in [0.25, 0.3) is 0 Å². The Kier molecular flexibility index (Phi) is 3.06. The van der Waals surface area contributed by atoms with Crippen LogP contribution < -0.4 is 4.90 Å². The number of imide groups is 1. The molecule has 4 atom stereocenters. The fourth-order valence-electron chi connectivity index (χ4n) is 4.12. The molecule has 0 aliphatic carbocycles. The van der Waals surface area contributed by atoms with Gasteiger partial charge in [0.15, 0.2) is 0 Å². The summed E-state index contributed by atoms with van der Waals surface area (Å²) >= 11 is 0. The molecule has 0 aromatic heterocycles. The first-order valence-electron chi connectivity index (χ1n) is 7.69. The number of hydrogen-bond donors (Lipinski definition) is 1. The molecule has 0 spiro atoms. The fourth-order valence-corrected chi connectivity index (χ4v) is 4.12. The van der Waals surface area contributed by atoms with E-state index >= 15 is 0 Å². The Morgan fingerprint density at radius 2 is 1.88 bits per heavy atom. The van der Waals surface area contributed by atoms with E-state index in [1.54, 1.807) is 19.1 Å². The number of hydrogen-bond acceptors (Lipinski definition) is 4. The van der Waals surface area contributed by atoms with Gasteiger partial charge in [0.2, 0.25) is 11.8 Å². The molecule has 2 bridgehead atoms. The lowest BCUT2D eigenvalue weighted by Crippen LogP contribution is -2.43. The van der Waals surface area contributed by atoms with Crippen LogP contribution >= 0.6 is 0 Å². The smallest absolute Gasteiger partial charge is 0.393 e. The van der Waals surface area contributed by atoms with Gasteiger partial charge < -0.3 is 9.84 Å². The molecule has 1 aromatic carbocycles. The van der Waals surface area contributed by atoms with Crippen molar-refractivity contribution in [1.82, 2.24) is 0 Å². The first-order valence-corrected chi connectivity index (χ1v) is 7.69. The summed E-state index contributed by atoms with van der Waals surface area (Å²) in [5, 5.41) is 9.71. The number of halogens is 3. The first kappa shape index (κ1) is 16.3. The topological polar surface area (TPSA) is 66.8 Å². The Labute approximate surface area is 140 Å². The van der Waals surface area contributed by atoms with Gasteiger partial charge in [-0.05, 0) is 25.1 Å². The fraction of sp³-hybridized carbons (Fsp3) is 0.412. The second kappa shape index (κ2) is 4.70. The summed E-state index contributed by atoms with van der Waals surface area (Å²) in [7, 11) is 0. The van der Waals surface area contributed by atoms with E-state index in [0.29, 0.717) is 0 Å². The SMILES string of the molecule is C[C@@]12C=C[C@@](CO)(O1)[C@H]1C(=O)N(c3cccc(C(F)(F)F)c3)C(=O)[C@H]12. The van der Waals surface area contributed by atoms with Crippen LogP contribution in [-0.4, -0.2) is 34.7 Å². The van der Waals surface area contributed by atoms with Crippen LogP contribution in [0.4, 0.5) is 18.9 Å². The first-order chi connectivity index (χ1) is 11.6. The molecular formula is C17H14F3NO4. The summed E-state index contributed by atoms with van der Waals surface area (Å²) < 4.78 is 44.6. The Bertz CT molecular complexity index is 820. The van der Waals surface area contributed by atoms with E-state index in [-0.39, 0.29) is 5.69 Å². The minimum atomic E-state index is -4.58. The molecule has 0 radical (unpaired) electrons. The van der Waals surface area contributed by atoms with Crippen molar-refractivity contribution < 1.29 is 32.6 Å². The second-order valence-electron chi connectivity index (χ2n) is 6.75. The number of fused-ring (bicyclic) bond motifs is 5. The number of aliphatic hydroxyl groups is 1. The molecule has 3 aliphatic heterocycles. The predicted octanol–water partition coefficient (Wildman–Crippen LogP) is 1.90. The number of anilines is 1. The van der Waals surface area contributed by atoms with Gasteiger partial charge in [0.05, 0.1) is 35.3 Å². The number of alkyl halides is 3. The number of amides is 2. The third-order valence-electron chi connectivity index (χ3n) is 5.24. The molecule has 1 N–H and O–H groups in total. The molecule has 5 nitrogen and oxygen atoms in total. The molecule has 2 amide bonds. The number of benzene rings is 1. The lowest BCUT2D eigenvalue weighted by molar-refractivity contribution is -0.138. The molecule has 2 fully saturated rings. The standard InChI is InChI=1S/C17H14F3NO4/c1-15-5-6-16(8-22,25-15)12-11(15)13(23)21(14(12)24)10-4-2-3-9(7-10)17(18,19)20/h2-7,11-12,22H,8H2,1H3/t11-,12+,15-,16-/m0/s1. The van der Waals surface area contributed by atoms with E-state index in [4.69, 9.17) is 4.74 Å². The Morgan fingerprint density at radius 1 is 1.20 bits per heavy atom. The summed E-state index contributed by atoms with van der Waals surface area (Å²) in [6.45, 7) is 1.14. The number of carbonyl (C=O) groups is 2. The van der Waals surface area contributed by atoms with Gasteiger partial charge in [-0.1, -0.05) is 18.2 Å². The maximum atomic E-state index is 12.9. The highest BCUT2D eigenvalue weighted by molar-refractivity contribution is 6.23. The number of rotatable bonds is 2. The third-order valence-corrected chi connectivity index (χ3v) is 5.24. The van der Waals surface area contributed by atoms with Gasteiger partial charge >= 0.3 is 6.18 Å². The zero-order valence-corrected chi connectivity index (χ0v) is 13.1. The van der Waals surface area contributed by atoms with Crippen molar-refractivity contribution in [1.29, 1.82) is 0 Å². The zero-order chi connectivity index (χ0) is 18.2. The lowest BCUT2D eigenvalue weighted by atomic mass is 9.73. The van der Waals surface area contributed by atoms with Gasteiger partial charge in [-0.3, -0.25) is 9.59 Å². The third kappa shape index (κ3) is 1.98. The second-order valence-corrected chi connectivity index (χ2v) is 6.75. The highest BCUT2D eigenvalue weighted by Crippen LogP contribution is 2.57. The summed E-state index contributed by atoms with van der Waals surface area (Å²) in [5.41, 5.74) is -3.43. The monoisotopic (exact) mass is 353 g/mol. The van der Waals surface area contributed by atoms with Crippen LogP contribution in [0.15, 0.2) is 36.4 Å². The average Bonchev–Trinajstić information content (AvgIpc) is 3.13. The van der Waals surface area contributed by atoms with Crippen LogP contribution in [0, 0.1) is 11.8 Å². The van der Waals surface area contributed by atoms with Crippen molar-refractivity contribution in [3.05, 3.63) is 42.0 Å². The summed E-state index contributed by atoms with van der Waals surface area (Å²) in [4.78, 5) is 26.5. The average molecular weight is 353 g/mol. The minimum Gasteiger partial charge on any atom is -0.393 e. The van der Waals surface area contributed by atoms with Crippen LogP contribution in [0.2, 0.25) is 0 Å². The van der Waals surface area contributed by atoms with Gasteiger partial charge in [0.1, 0.15) is 5.60 Å². The van der Waals surface area contributed by atoms with E-state index in [1.807, 2.05) is 0 Å². The van der Waals surface area contributed by atoms with Crippen molar-refractivity contribution in [2.45, 2.75) is 24.3 Å².